The van der Waals surface area contributed by atoms with Gasteiger partial charge in [0.15, 0.2) is 11.6 Å². The molecule has 160 valence electrons. The Hall–Kier alpha value is -3.68. The molecular formula is C23H27N7O. The first-order chi connectivity index (χ1) is 15.0. The fourth-order valence-corrected chi connectivity index (χ4v) is 3.45. The fraction of sp³-hybridized carbons (Fsp3) is 0.304. The molecule has 0 radical (unpaired) electrons. The van der Waals surface area contributed by atoms with E-state index in [0.717, 1.165) is 48.5 Å². The normalized spacial score (nSPS) is 13.7. The first-order valence-electron chi connectivity index (χ1n) is 10.3. The Kier molecular flexibility index (Phi) is 5.97. The van der Waals surface area contributed by atoms with Crippen LogP contribution in [0.4, 0.5) is 11.6 Å². The maximum Gasteiger partial charge on any atom is 0.251 e. The highest BCUT2D eigenvalue weighted by atomic mass is 16.7. The summed E-state index contributed by atoms with van der Waals surface area (Å²) in [7, 11) is 3.95. The summed E-state index contributed by atoms with van der Waals surface area (Å²) in [5.41, 5.74) is 4.35. The summed E-state index contributed by atoms with van der Waals surface area (Å²) in [5, 5.41) is 1.01. The van der Waals surface area contributed by atoms with Gasteiger partial charge in [0.05, 0.1) is 5.52 Å². The molecule has 1 fully saturated rings. The van der Waals surface area contributed by atoms with Gasteiger partial charge < -0.3 is 14.6 Å². The molecule has 2 aromatic heterocycles. The van der Waals surface area contributed by atoms with E-state index >= 15 is 0 Å². The molecule has 1 aromatic carbocycles. The molecule has 1 saturated heterocycles. The maximum absolute atomic E-state index is 5.57. The zero-order valence-electron chi connectivity index (χ0n) is 18.2. The van der Waals surface area contributed by atoms with E-state index in [1.165, 1.54) is 0 Å². The van der Waals surface area contributed by atoms with E-state index in [9.17, 15) is 0 Å². The van der Waals surface area contributed by atoms with Crippen molar-refractivity contribution in [1.29, 1.82) is 0 Å². The molecule has 8 nitrogen and oxygen atoms in total. The molecule has 0 saturated carbocycles. The lowest BCUT2D eigenvalue weighted by Gasteiger charge is -2.17. The Morgan fingerprint density at radius 2 is 1.77 bits per heavy atom. The molecule has 8 heteroatoms. The Morgan fingerprint density at radius 3 is 2.48 bits per heavy atom. The van der Waals surface area contributed by atoms with Gasteiger partial charge in [0, 0.05) is 44.3 Å². The summed E-state index contributed by atoms with van der Waals surface area (Å²) in [6.07, 6.45) is 5.97. The van der Waals surface area contributed by atoms with E-state index in [1.807, 2.05) is 68.4 Å². The SMILES string of the molecule is C=C(C)NOc1cc(N2CCCC2)nc(C=Cc2nc(N(C)C)c3ccccc3n2)n1. The van der Waals surface area contributed by atoms with Crippen LogP contribution in [-0.4, -0.2) is 47.1 Å². The number of allylic oxidation sites excluding steroid dienone is 1. The van der Waals surface area contributed by atoms with Crippen LogP contribution >= 0.6 is 0 Å². The van der Waals surface area contributed by atoms with Crippen LogP contribution in [0.5, 0.6) is 5.88 Å². The summed E-state index contributed by atoms with van der Waals surface area (Å²) in [6.45, 7) is 7.57. The Labute approximate surface area is 182 Å². The minimum atomic E-state index is 0.438. The second kappa shape index (κ2) is 8.99. The van der Waals surface area contributed by atoms with Gasteiger partial charge >= 0.3 is 0 Å². The van der Waals surface area contributed by atoms with Crippen LogP contribution in [0.1, 0.15) is 31.4 Å². The van der Waals surface area contributed by atoms with Crippen molar-refractivity contribution in [2.24, 2.45) is 0 Å². The van der Waals surface area contributed by atoms with Gasteiger partial charge in [-0.3, -0.25) is 0 Å². The topological polar surface area (TPSA) is 79.3 Å². The quantitative estimate of drug-likeness (QED) is 0.584. The Balaban J connectivity index is 1.68. The van der Waals surface area contributed by atoms with Crippen LogP contribution in [0, 0.1) is 0 Å². The number of benzene rings is 1. The third-order valence-corrected chi connectivity index (χ3v) is 4.87. The van der Waals surface area contributed by atoms with Gasteiger partial charge in [0.2, 0.25) is 0 Å². The summed E-state index contributed by atoms with van der Waals surface area (Å²) in [5.74, 6) is 3.28. The average molecular weight is 418 g/mol. The third kappa shape index (κ3) is 4.91. The molecule has 4 rings (SSSR count). The number of aromatic nitrogens is 4. The molecule has 0 atom stereocenters. The summed E-state index contributed by atoms with van der Waals surface area (Å²) in [6, 6.07) is 9.82. The van der Waals surface area contributed by atoms with Gasteiger partial charge in [-0.25, -0.2) is 20.4 Å². The molecule has 31 heavy (non-hydrogen) atoms. The molecule has 0 aliphatic carbocycles. The number of hydroxylamine groups is 1. The van der Waals surface area contributed by atoms with Crippen LogP contribution < -0.4 is 20.1 Å². The molecule has 3 heterocycles. The van der Waals surface area contributed by atoms with E-state index < -0.39 is 0 Å². The predicted octanol–water partition coefficient (Wildman–Crippen LogP) is 3.67. The van der Waals surface area contributed by atoms with Crippen molar-refractivity contribution >= 4 is 34.7 Å². The van der Waals surface area contributed by atoms with Crippen molar-refractivity contribution in [1.82, 2.24) is 25.4 Å². The molecular weight excluding hydrogens is 390 g/mol. The molecule has 0 amide bonds. The summed E-state index contributed by atoms with van der Waals surface area (Å²) in [4.78, 5) is 28.4. The van der Waals surface area contributed by atoms with Gasteiger partial charge in [-0.1, -0.05) is 18.7 Å². The van der Waals surface area contributed by atoms with Crippen molar-refractivity contribution in [3.8, 4) is 5.88 Å². The highest BCUT2D eigenvalue weighted by Gasteiger charge is 2.16. The average Bonchev–Trinajstić information content (AvgIpc) is 3.30. The van der Waals surface area contributed by atoms with Crippen LogP contribution in [-0.2, 0) is 0 Å². The molecule has 1 N–H and O–H groups in total. The second-order valence-electron chi connectivity index (χ2n) is 7.75. The van der Waals surface area contributed by atoms with Gasteiger partial charge in [0.1, 0.15) is 11.6 Å². The van der Waals surface area contributed by atoms with Crippen molar-refractivity contribution in [2.45, 2.75) is 19.8 Å². The van der Waals surface area contributed by atoms with Crippen LogP contribution in [0.2, 0.25) is 0 Å². The summed E-state index contributed by atoms with van der Waals surface area (Å²) < 4.78 is 0. The predicted molar refractivity (Wildman–Crippen MR) is 125 cm³/mol. The number of nitrogens with zero attached hydrogens (tertiary/aromatic N) is 6. The molecule has 0 spiro atoms. The monoisotopic (exact) mass is 417 g/mol. The second-order valence-corrected chi connectivity index (χ2v) is 7.75. The van der Waals surface area contributed by atoms with E-state index in [4.69, 9.17) is 14.8 Å². The largest absolute Gasteiger partial charge is 0.362 e. The number of anilines is 2. The third-order valence-electron chi connectivity index (χ3n) is 4.87. The lowest BCUT2D eigenvalue weighted by molar-refractivity contribution is 0.219. The Bertz CT molecular complexity index is 1120. The fourth-order valence-electron chi connectivity index (χ4n) is 3.45. The zero-order chi connectivity index (χ0) is 21.8. The lowest BCUT2D eigenvalue weighted by Crippen LogP contribution is -2.21. The van der Waals surface area contributed by atoms with E-state index in [0.29, 0.717) is 23.2 Å². The number of hydrogen-bond acceptors (Lipinski definition) is 8. The molecule has 0 bridgehead atoms. The van der Waals surface area contributed by atoms with E-state index in [-0.39, 0.29) is 0 Å². The minimum Gasteiger partial charge on any atom is -0.362 e. The van der Waals surface area contributed by atoms with Gasteiger partial charge in [-0.05, 0) is 44.1 Å². The first-order valence-corrected chi connectivity index (χ1v) is 10.3. The number of hydrogen-bond donors (Lipinski definition) is 1. The first kappa shape index (κ1) is 20.6. The molecule has 0 unspecified atom stereocenters. The van der Waals surface area contributed by atoms with Gasteiger partial charge in [-0.15, -0.1) is 0 Å². The van der Waals surface area contributed by atoms with E-state index in [2.05, 4.69) is 26.9 Å². The van der Waals surface area contributed by atoms with Crippen LogP contribution in [0.15, 0.2) is 42.6 Å². The number of para-hydroxylation sites is 1. The molecule has 3 aromatic rings. The van der Waals surface area contributed by atoms with Crippen molar-refractivity contribution in [3.05, 3.63) is 54.3 Å². The van der Waals surface area contributed by atoms with Crippen molar-refractivity contribution in [3.63, 3.8) is 0 Å². The Morgan fingerprint density at radius 1 is 1.06 bits per heavy atom. The summed E-state index contributed by atoms with van der Waals surface area (Å²) >= 11 is 0. The molecule has 1 aliphatic rings. The number of rotatable bonds is 7. The highest BCUT2D eigenvalue weighted by molar-refractivity contribution is 5.90. The van der Waals surface area contributed by atoms with Gasteiger partial charge in [0.25, 0.3) is 5.88 Å². The van der Waals surface area contributed by atoms with Crippen LogP contribution in [0.25, 0.3) is 23.1 Å². The smallest absolute Gasteiger partial charge is 0.251 e. The van der Waals surface area contributed by atoms with Crippen LogP contribution in [0.3, 0.4) is 0 Å². The highest BCUT2D eigenvalue weighted by Crippen LogP contribution is 2.24. The van der Waals surface area contributed by atoms with Crippen molar-refractivity contribution in [2.75, 3.05) is 37.0 Å². The van der Waals surface area contributed by atoms with E-state index in [1.54, 1.807) is 0 Å². The van der Waals surface area contributed by atoms with Gasteiger partial charge in [-0.2, -0.15) is 4.98 Å². The number of nitrogens with one attached hydrogen (secondary N) is 1. The number of fused-ring (bicyclic) bond motifs is 1. The maximum atomic E-state index is 5.57. The lowest BCUT2D eigenvalue weighted by atomic mass is 10.2. The standard InChI is InChI=1S/C23H27N7O/c1-16(2)28-31-22-15-21(30-13-7-8-14-30)25-20(26-22)12-11-19-24-18-10-6-5-9-17(18)23(27-19)29(3)4/h5-6,9-12,15,28H,1,7-8,13-14H2,2-4H3. The zero-order valence-corrected chi connectivity index (χ0v) is 18.2. The van der Waals surface area contributed by atoms with Crippen molar-refractivity contribution < 1.29 is 4.84 Å². The minimum absolute atomic E-state index is 0.438. The molecule has 1 aliphatic heterocycles.